The number of allylic oxidation sites excluding steroid dienone is 1. The Morgan fingerprint density at radius 2 is 0.597 bits per heavy atom. The van der Waals surface area contributed by atoms with E-state index in [9.17, 15) is 19.8 Å². The number of unbranched alkanes of at least 4 members (excludes halogenated alkanes) is 56. The van der Waals surface area contributed by atoms with Gasteiger partial charge in [-0.1, -0.05) is 373 Å². The Morgan fingerprint density at radius 1 is 0.351 bits per heavy atom. The van der Waals surface area contributed by atoms with Crippen molar-refractivity contribution in [1.29, 1.82) is 0 Å². The van der Waals surface area contributed by atoms with Gasteiger partial charge in [-0.05, 0) is 32.1 Å². The van der Waals surface area contributed by atoms with E-state index in [0.29, 0.717) is 19.4 Å². The van der Waals surface area contributed by atoms with Crippen molar-refractivity contribution in [3.8, 4) is 0 Å². The Hall–Kier alpha value is -1.40. The van der Waals surface area contributed by atoms with Crippen molar-refractivity contribution >= 4 is 11.9 Å². The molecule has 0 rings (SSSR count). The van der Waals surface area contributed by atoms with E-state index in [-0.39, 0.29) is 18.5 Å². The van der Waals surface area contributed by atoms with Crippen LogP contribution in [-0.2, 0) is 14.3 Å². The Labute approximate surface area is 482 Å². The van der Waals surface area contributed by atoms with Crippen molar-refractivity contribution in [2.45, 2.75) is 418 Å². The first-order chi connectivity index (χ1) is 38.0. The Bertz CT molecular complexity index is 1160. The molecule has 0 aromatic rings. The third kappa shape index (κ3) is 63.6. The first kappa shape index (κ1) is 75.6. The van der Waals surface area contributed by atoms with Crippen molar-refractivity contribution in [3.63, 3.8) is 0 Å². The minimum Gasteiger partial charge on any atom is -0.466 e. The molecule has 458 valence electrons. The van der Waals surface area contributed by atoms with Crippen LogP contribution >= 0.6 is 0 Å². The number of carbonyl (C=O) groups is 2. The molecule has 0 heterocycles. The largest absolute Gasteiger partial charge is 0.466 e. The molecule has 2 unspecified atom stereocenters. The summed E-state index contributed by atoms with van der Waals surface area (Å²) in [6, 6.07) is -0.623. The number of hydrogen-bond donors (Lipinski definition) is 3. The lowest BCUT2D eigenvalue weighted by molar-refractivity contribution is -0.143. The second kappa shape index (κ2) is 67.1. The maximum atomic E-state index is 12.5. The molecule has 0 aromatic carbocycles. The van der Waals surface area contributed by atoms with Crippen LogP contribution in [0.3, 0.4) is 0 Å². The van der Waals surface area contributed by atoms with Crippen molar-refractivity contribution in [2.75, 3.05) is 13.2 Å². The number of aliphatic hydroxyl groups excluding tert-OH is 2. The predicted octanol–water partition coefficient (Wildman–Crippen LogP) is 22.8. The third-order valence-electron chi connectivity index (χ3n) is 16.8. The van der Waals surface area contributed by atoms with E-state index in [1.54, 1.807) is 6.08 Å². The average molecular weight is 1090 g/mol. The maximum absolute atomic E-state index is 12.5. The van der Waals surface area contributed by atoms with Gasteiger partial charge in [0.25, 0.3) is 0 Å². The molecule has 0 radical (unpaired) electrons. The summed E-state index contributed by atoms with van der Waals surface area (Å²) in [5.41, 5.74) is 0. The van der Waals surface area contributed by atoms with E-state index < -0.39 is 12.1 Å². The summed E-state index contributed by atoms with van der Waals surface area (Å²) in [6.07, 6.45) is 83.0. The molecule has 0 spiro atoms. The Kier molecular flexibility index (Phi) is 65.9. The molecule has 0 aliphatic carbocycles. The molecule has 77 heavy (non-hydrogen) atoms. The van der Waals surface area contributed by atoms with Crippen LogP contribution in [0.2, 0.25) is 0 Å². The molecule has 1 amide bonds. The lowest BCUT2D eigenvalue weighted by Gasteiger charge is -2.20. The summed E-state index contributed by atoms with van der Waals surface area (Å²) in [5, 5.41) is 23.2. The first-order valence-electron chi connectivity index (χ1n) is 35.5. The molecule has 2 atom stereocenters. The monoisotopic (exact) mass is 1090 g/mol. The summed E-state index contributed by atoms with van der Waals surface area (Å²) in [5.74, 6) is -0.0377. The van der Waals surface area contributed by atoms with E-state index >= 15 is 0 Å². The van der Waals surface area contributed by atoms with Gasteiger partial charge in [-0.3, -0.25) is 9.59 Å². The lowest BCUT2D eigenvalue weighted by Crippen LogP contribution is -2.45. The molecule has 0 aliphatic heterocycles. The number of ether oxygens (including phenoxy) is 1. The molecule has 0 saturated heterocycles. The van der Waals surface area contributed by atoms with E-state index in [4.69, 9.17) is 4.74 Å². The molecule has 0 aliphatic rings. The minimum atomic E-state index is -0.840. The van der Waals surface area contributed by atoms with E-state index in [1.807, 2.05) is 6.08 Å². The van der Waals surface area contributed by atoms with Gasteiger partial charge in [0, 0.05) is 12.8 Å². The van der Waals surface area contributed by atoms with E-state index in [2.05, 4.69) is 19.2 Å². The summed E-state index contributed by atoms with van der Waals surface area (Å²) in [6.45, 7) is 4.94. The van der Waals surface area contributed by atoms with Gasteiger partial charge in [0.15, 0.2) is 0 Å². The van der Waals surface area contributed by atoms with Gasteiger partial charge in [0.1, 0.15) is 0 Å². The van der Waals surface area contributed by atoms with Crippen LogP contribution in [0, 0.1) is 0 Å². The summed E-state index contributed by atoms with van der Waals surface area (Å²) in [4.78, 5) is 24.5. The highest BCUT2D eigenvalue weighted by atomic mass is 16.5. The molecule has 0 fully saturated rings. The first-order valence-corrected chi connectivity index (χ1v) is 35.5. The molecule has 6 nitrogen and oxygen atoms in total. The number of esters is 1. The molecular weight excluding hydrogens is 947 g/mol. The predicted molar refractivity (Wildman–Crippen MR) is 338 cm³/mol. The van der Waals surface area contributed by atoms with Crippen molar-refractivity contribution in [3.05, 3.63) is 12.2 Å². The smallest absolute Gasteiger partial charge is 0.305 e. The summed E-state index contributed by atoms with van der Waals surface area (Å²) in [7, 11) is 0. The number of aliphatic hydroxyl groups is 2. The number of carbonyl (C=O) groups excluding carboxylic acids is 2. The average Bonchev–Trinajstić information content (AvgIpc) is 3.43. The van der Waals surface area contributed by atoms with Gasteiger partial charge in [0.2, 0.25) is 5.91 Å². The number of hydrogen-bond acceptors (Lipinski definition) is 5. The zero-order valence-electron chi connectivity index (χ0n) is 52.5. The molecular formula is C71H139NO5. The van der Waals surface area contributed by atoms with Crippen molar-refractivity contribution in [2.24, 2.45) is 0 Å². The van der Waals surface area contributed by atoms with Gasteiger partial charge in [0.05, 0.1) is 25.4 Å². The normalized spacial score (nSPS) is 12.5. The summed E-state index contributed by atoms with van der Waals surface area (Å²) < 4.78 is 5.49. The Balaban J connectivity index is 3.33. The lowest BCUT2D eigenvalue weighted by atomic mass is 10.0. The molecule has 3 N–H and O–H groups in total. The maximum Gasteiger partial charge on any atom is 0.305 e. The van der Waals surface area contributed by atoms with Crippen LogP contribution in [0.5, 0.6) is 0 Å². The van der Waals surface area contributed by atoms with Crippen LogP contribution < -0.4 is 5.32 Å². The fraction of sp³-hybridized carbons (Fsp3) is 0.944. The highest BCUT2D eigenvalue weighted by Crippen LogP contribution is 2.19. The topological polar surface area (TPSA) is 95.9 Å². The van der Waals surface area contributed by atoms with Gasteiger partial charge in [-0.25, -0.2) is 0 Å². The Morgan fingerprint density at radius 3 is 0.883 bits per heavy atom. The number of nitrogens with one attached hydrogen (secondary N) is 1. The number of rotatable bonds is 67. The number of amides is 1. The van der Waals surface area contributed by atoms with Crippen LogP contribution in [0.4, 0.5) is 0 Å². The second-order valence-corrected chi connectivity index (χ2v) is 24.6. The minimum absolute atomic E-state index is 0.0224. The third-order valence-corrected chi connectivity index (χ3v) is 16.8. The zero-order valence-corrected chi connectivity index (χ0v) is 52.5. The van der Waals surface area contributed by atoms with Crippen LogP contribution in [0.25, 0.3) is 0 Å². The fourth-order valence-electron chi connectivity index (χ4n) is 11.4. The van der Waals surface area contributed by atoms with Gasteiger partial charge in [-0.15, -0.1) is 0 Å². The zero-order chi connectivity index (χ0) is 55.7. The molecule has 0 aromatic heterocycles. The van der Waals surface area contributed by atoms with Crippen LogP contribution in [0.15, 0.2) is 12.2 Å². The summed E-state index contributed by atoms with van der Waals surface area (Å²) >= 11 is 0. The SMILES string of the molecule is CCCCCCCCCCCCCCCC/C=C/C(O)C(CO)NC(=O)CCCCCCCCCCCCCCCCCCCCCCCCCCCCCCCCCCOC(=O)CCCCCCCCCCCCCC. The molecule has 0 saturated carbocycles. The van der Waals surface area contributed by atoms with Crippen molar-refractivity contribution in [1.82, 2.24) is 5.32 Å². The van der Waals surface area contributed by atoms with Crippen LogP contribution in [0.1, 0.15) is 406 Å². The van der Waals surface area contributed by atoms with Gasteiger partial charge in [-0.2, -0.15) is 0 Å². The quantitative estimate of drug-likeness (QED) is 0.0320. The second-order valence-electron chi connectivity index (χ2n) is 24.6. The fourth-order valence-corrected chi connectivity index (χ4v) is 11.4. The van der Waals surface area contributed by atoms with Crippen LogP contribution in [-0.4, -0.2) is 47.4 Å². The molecule has 0 bridgehead atoms. The molecule has 6 heteroatoms. The standard InChI is InChI=1S/C71H139NO5/c1-3-5-7-9-11-13-15-17-18-37-40-43-47-51-55-59-63-69(74)68(67-73)72-70(75)64-60-56-52-48-44-41-38-35-33-31-29-27-25-23-21-19-20-22-24-26-28-30-32-34-36-39-42-46-50-54-58-62-66-77-71(76)65-61-57-53-49-45-16-14-12-10-8-6-4-2/h59,63,68-69,73-74H,3-58,60-62,64-67H2,1-2H3,(H,72,75)/b63-59+. The van der Waals surface area contributed by atoms with Crippen molar-refractivity contribution < 1.29 is 24.5 Å². The highest BCUT2D eigenvalue weighted by Gasteiger charge is 2.18. The highest BCUT2D eigenvalue weighted by molar-refractivity contribution is 5.76. The van der Waals surface area contributed by atoms with Gasteiger partial charge >= 0.3 is 5.97 Å². The van der Waals surface area contributed by atoms with E-state index in [0.717, 1.165) is 38.5 Å². The van der Waals surface area contributed by atoms with Gasteiger partial charge < -0.3 is 20.3 Å². The van der Waals surface area contributed by atoms with E-state index in [1.165, 1.54) is 340 Å².